The first-order valence-electron chi connectivity index (χ1n) is 8.24. The molecule has 1 fully saturated rings. The minimum absolute atomic E-state index is 0.0184. The van der Waals surface area contributed by atoms with Gasteiger partial charge in [0.05, 0.1) is 18.2 Å². The van der Waals surface area contributed by atoms with Gasteiger partial charge in [-0.3, -0.25) is 9.59 Å². The zero-order valence-electron chi connectivity index (χ0n) is 13.6. The molecule has 24 heavy (non-hydrogen) atoms. The molecule has 1 amide bonds. The van der Waals surface area contributed by atoms with Gasteiger partial charge >= 0.3 is 0 Å². The molecule has 0 aromatic carbocycles. The quantitative estimate of drug-likeness (QED) is 0.868. The largest absolute Gasteiger partial charge is 0.478 e. The van der Waals surface area contributed by atoms with E-state index in [0.717, 1.165) is 25.9 Å². The van der Waals surface area contributed by atoms with Crippen molar-refractivity contribution in [1.82, 2.24) is 15.3 Å². The van der Waals surface area contributed by atoms with Crippen molar-refractivity contribution in [2.24, 2.45) is 0 Å². The fourth-order valence-electron chi connectivity index (χ4n) is 2.74. The van der Waals surface area contributed by atoms with E-state index in [9.17, 15) is 9.59 Å². The maximum atomic E-state index is 12.5. The summed E-state index contributed by atoms with van der Waals surface area (Å²) >= 11 is 0. The molecular weight excluding hydrogens is 310 g/mol. The maximum Gasteiger partial charge on any atom is 0.256 e. The van der Waals surface area contributed by atoms with Gasteiger partial charge in [0.1, 0.15) is 11.1 Å². The number of nitrogens with zero attached hydrogens (tertiary/aromatic N) is 1. The molecule has 1 saturated heterocycles. The van der Waals surface area contributed by atoms with Crippen LogP contribution in [0.5, 0.6) is 5.88 Å². The second kappa shape index (κ2) is 7.44. The first-order valence-corrected chi connectivity index (χ1v) is 8.24. The number of H-pyrrole nitrogens is 1. The molecule has 3 rings (SSSR count). The van der Waals surface area contributed by atoms with E-state index in [2.05, 4.69) is 15.3 Å². The van der Waals surface area contributed by atoms with Crippen LogP contribution in [0.2, 0.25) is 0 Å². The SMILES string of the molecule is CCOc1ccc2[nH]cc(C(=O)NCC3CCCCO3)c(=O)c2n1. The van der Waals surface area contributed by atoms with Crippen molar-refractivity contribution in [1.29, 1.82) is 0 Å². The van der Waals surface area contributed by atoms with Crippen molar-refractivity contribution in [3.05, 3.63) is 34.1 Å². The van der Waals surface area contributed by atoms with Crippen molar-refractivity contribution < 1.29 is 14.3 Å². The van der Waals surface area contributed by atoms with Crippen LogP contribution in [-0.4, -0.2) is 41.7 Å². The Labute approximate surface area is 139 Å². The number of aromatic nitrogens is 2. The highest BCUT2D eigenvalue weighted by Crippen LogP contribution is 2.13. The van der Waals surface area contributed by atoms with Crippen LogP contribution in [0.3, 0.4) is 0 Å². The summed E-state index contributed by atoms with van der Waals surface area (Å²) < 4.78 is 10.9. The minimum Gasteiger partial charge on any atom is -0.478 e. The van der Waals surface area contributed by atoms with Crippen molar-refractivity contribution in [2.75, 3.05) is 19.8 Å². The third-order valence-electron chi connectivity index (χ3n) is 4.00. The number of rotatable bonds is 5. The maximum absolute atomic E-state index is 12.5. The molecule has 2 N–H and O–H groups in total. The van der Waals surface area contributed by atoms with Crippen LogP contribution in [0.4, 0.5) is 0 Å². The third-order valence-corrected chi connectivity index (χ3v) is 4.00. The number of hydrogen-bond donors (Lipinski definition) is 2. The molecule has 2 aromatic heterocycles. The average Bonchev–Trinajstić information content (AvgIpc) is 2.61. The van der Waals surface area contributed by atoms with Gasteiger partial charge in [0, 0.05) is 25.4 Å². The van der Waals surface area contributed by atoms with Crippen molar-refractivity contribution >= 4 is 16.9 Å². The Kier molecular flexibility index (Phi) is 5.10. The van der Waals surface area contributed by atoms with Gasteiger partial charge in [-0.25, -0.2) is 4.98 Å². The summed E-state index contributed by atoms with van der Waals surface area (Å²) in [6.07, 6.45) is 4.52. The molecule has 7 nitrogen and oxygen atoms in total. The van der Waals surface area contributed by atoms with Gasteiger partial charge in [-0.1, -0.05) is 0 Å². The lowest BCUT2D eigenvalue weighted by Gasteiger charge is -2.22. The summed E-state index contributed by atoms with van der Waals surface area (Å²) in [6.45, 7) is 3.43. The predicted octanol–water partition coefficient (Wildman–Crippen LogP) is 1.62. The highest BCUT2D eigenvalue weighted by Gasteiger charge is 2.18. The van der Waals surface area contributed by atoms with Crippen molar-refractivity contribution in [2.45, 2.75) is 32.3 Å². The number of hydrogen-bond acceptors (Lipinski definition) is 5. The van der Waals surface area contributed by atoms with Crippen LogP contribution in [0.1, 0.15) is 36.5 Å². The number of carbonyl (C=O) groups excluding carboxylic acids is 1. The Morgan fingerprint density at radius 2 is 2.33 bits per heavy atom. The molecule has 7 heteroatoms. The summed E-state index contributed by atoms with van der Waals surface area (Å²) in [4.78, 5) is 32.0. The molecule has 0 bridgehead atoms. The Hall–Kier alpha value is -2.41. The number of amides is 1. The monoisotopic (exact) mass is 331 g/mol. The molecule has 1 unspecified atom stereocenters. The molecule has 0 saturated carbocycles. The van der Waals surface area contributed by atoms with Crippen LogP contribution in [0, 0.1) is 0 Å². The first kappa shape index (κ1) is 16.4. The number of pyridine rings is 2. The van der Waals surface area contributed by atoms with Crippen LogP contribution in [-0.2, 0) is 4.74 Å². The van der Waals surface area contributed by atoms with Gasteiger partial charge in [-0.2, -0.15) is 0 Å². The molecule has 128 valence electrons. The second-order valence-electron chi connectivity index (χ2n) is 5.71. The zero-order valence-corrected chi connectivity index (χ0v) is 13.6. The number of aromatic amines is 1. The fraction of sp³-hybridized carbons (Fsp3) is 0.471. The zero-order chi connectivity index (χ0) is 16.9. The number of nitrogens with one attached hydrogen (secondary N) is 2. The summed E-state index contributed by atoms with van der Waals surface area (Å²) in [5, 5.41) is 2.77. The summed E-state index contributed by atoms with van der Waals surface area (Å²) in [5.74, 6) is -0.0559. The lowest BCUT2D eigenvalue weighted by molar-refractivity contribution is 0.0169. The van der Waals surface area contributed by atoms with Crippen molar-refractivity contribution in [3.63, 3.8) is 0 Å². The van der Waals surface area contributed by atoms with Crippen LogP contribution in [0.25, 0.3) is 11.0 Å². The normalized spacial score (nSPS) is 17.6. The van der Waals surface area contributed by atoms with E-state index >= 15 is 0 Å². The Bertz CT molecular complexity index is 781. The molecule has 3 heterocycles. The topological polar surface area (TPSA) is 93.3 Å². The first-order chi connectivity index (χ1) is 11.7. The highest BCUT2D eigenvalue weighted by atomic mass is 16.5. The highest BCUT2D eigenvalue weighted by molar-refractivity contribution is 5.96. The molecular formula is C17H21N3O4. The Morgan fingerprint density at radius 3 is 3.08 bits per heavy atom. The van der Waals surface area contributed by atoms with E-state index in [1.165, 1.54) is 6.20 Å². The van der Waals surface area contributed by atoms with E-state index in [1.54, 1.807) is 12.1 Å². The Balaban J connectivity index is 1.79. The lowest BCUT2D eigenvalue weighted by atomic mass is 10.1. The molecule has 1 aliphatic heterocycles. The molecule has 0 aliphatic carbocycles. The molecule has 1 atom stereocenters. The van der Waals surface area contributed by atoms with Gasteiger partial charge < -0.3 is 19.8 Å². The summed E-state index contributed by atoms with van der Waals surface area (Å²) in [5.41, 5.74) is 0.393. The van der Waals surface area contributed by atoms with Crippen LogP contribution >= 0.6 is 0 Å². The average molecular weight is 331 g/mol. The Morgan fingerprint density at radius 1 is 1.46 bits per heavy atom. The minimum atomic E-state index is -0.420. The van der Waals surface area contributed by atoms with E-state index in [0.29, 0.717) is 24.5 Å². The predicted molar refractivity (Wildman–Crippen MR) is 89.5 cm³/mol. The molecule has 0 radical (unpaired) electrons. The van der Waals surface area contributed by atoms with Gasteiger partial charge in [-0.05, 0) is 32.3 Å². The summed E-state index contributed by atoms with van der Waals surface area (Å²) in [7, 11) is 0. The summed E-state index contributed by atoms with van der Waals surface area (Å²) in [6, 6.07) is 3.40. The van der Waals surface area contributed by atoms with E-state index in [-0.39, 0.29) is 17.2 Å². The van der Waals surface area contributed by atoms with Crippen molar-refractivity contribution in [3.8, 4) is 5.88 Å². The van der Waals surface area contributed by atoms with E-state index in [4.69, 9.17) is 9.47 Å². The molecule has 1 aliphatic rings. The third kappa shape index (κ3) is 3.56. The van der Waals surface area contributed by atoms with E-state index in [1.807, 2.05) is 6.92 Å². The smallest absolute Gasteiger partial charge is 0.256 e. The molecule has 2 aromatic rings. The standard InChI is InChI=1S/C17H21N3O4/c1-2-23-14-7-6-13-15(20-14)16(21)12(10-18-13)17(22)19-9-11-5-3-4-8-24-11/h6-7,10-11H,2-5,8-9H2,1H3,(H,18,21)(H,19,22). The molecule has 0 spiro atoms. The lowest BCUT2D eigenvalue weighted by Crippen LogP contribution is -2.37. The van der Waals surface area contributed by atoms with Gasteiger partial charge in [0.25, 0.3) is 5.91 Å². The van der Waals surface area contributed by atoms with Gasteiger partial charge in [0.2, 0.25) is 11.3 Å². The van der Waals surface area contributed by atoms with Crippen LogP contribution < -0.4 is 15.5 Å². The van der Waals surface area contributed by atoms with Gasteiger partial charge in [0.15, 0.2) is 0 Å². The number of fused-ring (bicyclic) bond motifs is 1. The second-order valence-corrected chi connectivity index (χ2v) is 5.71. The number of ether oxygens (including phenoxy) is 2. The fourth-order valence-corrected chi connectivity index (χ4v) is 2.74. The van der Waals surface area contributed by atoms with E-state index < -0.39 is 11.3 Å². The van der Waals surface area contributed by atoms with Crippen LogP contribution in [0.15, 0.2) is 23.1 Å². The number of carbonyl (C=O) groups is 1. The van der Waals surface area contributed by atoms with Gasteiger partial charge in [-0.15, -0.1) is 0 Å².